The molecule has 4 aromatic rings. The first-order valence-electron chi connectivity index (χ1n) is 19.9. The van der Waals surface area contributed by atoms with Crippen molar-refractivity contribution in [3.8, 4) is 11.1 Å². The molecule has 58 heavy (non-hydrogen) atoms. The van der Waals surface area contributed by atoms with Gasteiger partial charge in [0.25, 0.3) is 11.8 Å². The number of aromatic nitrogens is 4. The van der Waals surface area contributed by atoms with Crippen LogP contribution < -0.4 is 16.0 Å². The van der Waals surface area contributed by atoms with Crippen LogP contribution in [0.25, 0.3) is 11.1 Å². The van der Waals surface area contributed by atoms with E-state index >= 15 is 0 Å². The molecule has 2 aromatic carbocycles. The van der Waals surface area contributed by atoms with Crippen LogP contribution in [0.2, 0.25) is 10.0 Å². The molecule has 2 bridgehead atoms. The molecule has 2 aliphatic heterocycles. The molecule has 0 spiro atoms. The molecule has 2 aromatic heterocycles. The molecular formula is C42H48Cl2N8O6. The number of hydrogen-bond donors (Lipinski definition) is 5. The molecule has 5 N–H and O–H groups in total. The number of amides is 2. The van der Waals surface area contributed by atoms with Crippen LogP contribution in [0, 0.1) is 10.8 Å². The summed E-state index contributed by atoms with van der Waals surface area (Å²) < 4.78 is 3.59. The molecule has 2 fully saturated rings. The lowest BCUT2D eigenvalue weighted by atomic mass is 9.80. The van der Waals surface area contributed by atoms with Crippen LogP contribution in [0.3, 0.4) is 0 Å². The molecule has 4 heterocycles. The van der Waals surface area contributed by atoms with Crippen LogP contribution in [-0.2, 0) is 36.1 Å². The number of benzene rings is 2. The van der Waals surface area contributed by atoms with Gasteiger partial charge < -0.3 is 25.4 Å². The lowest BCUT2D eigenvalue weighted by Crippen LogP contribution is -2.49. The molecule has 1 unspecified atom stereocenters. The Balaban J connectivity index is 0.937. The van der Waals surface area contributed by atoms with Gasteiger partial charge in [0.15, 0.2) is 11.5 Å². The zero-order valence-corrected chi connectivity index (χ0v) is 34.3. The summed E-state index contributed by atoms with van der Waals surface area (Å²) in [5.41, 5.74) is 3.05. The molecule has 0 saturated heterocycles. The zero-order valence-electron chi connectivity index (χ0n) is 32.8. The molecule has 2 saturated carbocycles. The monoisotopic (exact) mass is 830 g/mol. The van der Waals surface area contributed by atoms with Gasteiger partial charge in [-0.05, 0) is 95.4 Å². The van der Waals surface area contributed by atoms with Gasteiger partial charge in [-0.3, -0.25) is 34.1 Å². The number of carboxylic acid groups (broad SMARTS) is 2. The summed E-state index contributed by atoms with van der Waals surface area (Å²) in [7, 11) is 1.85. The van der Waals surface area contributed by atoms with Crippen LogP contribution in [0.4, 0.5) is 11.4 Å². The van der Waals surface area contributed by atoms with E-state index in [1.165, 1.54) is 0 Å². The smallest absolute Gasteiger partial charge is 0.323 e. The van der Waals surface area contributed by atoms with Gasteiger partial charge in [-0.15, -0.1) is 0 Å². The summed E-state index contributed by atoms with van der Waals surface area (Å²) in [6, 6.07) is 11.9. The number of aryl methyl sites for hydroxylation is 1. The van der Waals surface area contributed by atoms with Gasteiger partial charge in [-0.25, -0.2) is 4.98 Å². The van der Waals surface area contributed by atoms with Crippen LogP contribution in [0.1, 0.15) is 109 Å². The van der Waals surface area contributed by atoms with Crippen LogP contribution in [0.5, 0.6) is 0 Å². The molecular weight excluding hydrogens is 783 g/mol. The number of nitrogens with zero attached hydrogens (tertiary/aromatic N) is 5. The number of anilines is 2. The predicted molar refractivity (Wildman–Crippen MR) is 219 cm³/mol. The normalized spacial score (nSPS) is 22.7. The van der Waals surface area contributed by atoms with E-state index in [0.29, 0.717) is 42.0 Å². The van der Waals surface area contributed by atoms with Gasteiger partial charge in [0, 0.05) is 49.9 Å². The third kappa shape index (κ3) is 7.29. The second kappa shape index (κ2) is 15.1. The highest BCUT2D eigenvalue weighted by Crippen LogP contribution is 2.63. The van der Waals surface area contributed by atoms with E-state index < -0.39 is 34.7 Å². The van der Waals surface area contributed by atoms with Crippen molar-refractivity contribution < 1.29 is 29.4 Å². The van der Waals surface area contributed by atoms with Crippen LogP contribution in [-0.4, -0.2) is 76.8 Å². The van der Waals surface area contributed by atoms with E-state index in [9.17, 15) is 29.4 Å². The fourth-order valence-electron chi connectivity index (χ4n) is 9.61. The van der Waals surface area contributed by atoms with Crippen LogP contribution >= 0.6 is 23.2 Å². The minimum atomic E-state index is -1.16. The third-order valence-electron chi connectivity index (χ3n) is 13.0. The summed E-state index contributed by atoms with van der Waals surface area (Å²) >= 11 is 13.9. The number of aliphatic carboxylic acids is 2. The van der Waals surface area contributed by atoms with E-state index in [0.717, 1.165) is 81.5 Å². The zero-order chi connectivity index (χ0) is 41.1. The quantitative estimate of drug-likeness (QED) is 0.0982. The number of rotatable bonds is 12. The van der Waals surface area contributed by atoms with Crippen molar-refractivity contribution in [2.75, 3.05) is 23.7 Å². The average molecular weight is 832 g/mol. The average Bonchev–Trinajstić information content (AvgIpc) is 3.98. The summed E-state index contributed by atoms with van der Waals surface area (Å²) in [4.78, 5) is 58.1. The van der Waals surface area contributed by atoms with Crippen molar-refractivity contribution in [2.24, 2.45) is 17.9 Å². The summed E-state index contributed by atoms with van der Waals surface area (Å²) in [5, 5.41) is 33.5. The number of fused-ring (bicyclic) bond motifs is 4. The summed E-state index contributed by atoms with van der Waals surface area (Å²) in [6.07, 6.45) is 7.53. The number of carboxylic acids is 2. The van der Waals surface area contributed by atoms with E-state index in [1.807, 2.05) is 11.6 Å². The maximum absolute atomic E-state index is 13.7. The second-order valence-electron chi connectivity index (χ2n) is 17.1. The topological polar surface area (TPSA) is 184 Å². The molecule has 1 atom stereocenters. The fraction of sp³-hybridized carbons (Fsp3) is 0.476. The Morgan fingerprint density at radius 2 is 1.59 bits per heavy atom. The fourth-order valence-corrected chi connectivity index (χ4v) is 10.2. The Labute approximate surface area is 346 Å². The van der Waals surface area contributed by atoms with Gasteiger partial charge in [-0.2, -0.15) is 5.10 Å². The van der Waals surface area contributed by atoms with E-state index in [-0.39, 0.29) is 33.0 Å². The maximum atomic E-state index is 13.7. The Bertz CT molecular complexity index is 2330. The third-order valence-corrected chi connectivity index (χ3v) is 13.9. The van der Waals surface area contributed by atoms with Crippen molar-refractivity contribution in [3.05, 3.63) is 81.1 Å². The Kier molecular flexibility index (Phi) is 10.4. The van der Waals surface area contributed by atoms with Crippen molar-refractivity contribution in [3.63, 3.8) is 0 Å². The van der Waals surface area contributed by atoms with Crippen LogP contribution in [0.15, 0.2) is 42.5 Å². The molecule has 4 aliphatic rings. The van der Waals surface area contributed by atoms with E-state index in [2.05, 4.69) is 25.9 Å². The molecule has 16 heteroatoms. The van der Waals surface area contributed by atoms with Crippen molar-refractivity contribution in [2.45, 2.75) is 96.3 Å². The van der Waals surface area contributed by atoms with Gasteiger partial charge >= 0.3 is 11.9 Å². The van der Waals surface area contributed by atoms with Crippen molar-refractivity contribution in [1.29, 1.82) is 0 Å². The Morgan fingerprint density at radius 1 is 0.931 bits per heavy atom. The first-order chi connectivity index (χ1) is 27.6. The van der Waals surface area contributed by atoms with E-state index in [4.69, 9.17) is 28.2 Å². The highest BCUT2D eigenvalue weighted by atomic mass is 35.5. The number of carbonyl (C=O) groups excluding carboxylic acids is 2. The molecule has 2 amide bonds. The molecule has 2 aliphatic carbocycles. The van der Waals surface area contributed by atoms with Crippen molar-refractivity contribution >= 4 is 58.3 Å². The van der Waals surface area contributed by atoms with Gasteiger partial charge in [0.1, 0.15) is 5.54 Å². The minimum absolute atomic E-state index is 0.119. The molecule has 8 rings (SSSR count). The number of hydrogen-bond acceptors (Lipinski definition) is 8. The summed E-state index contributed by atoms with van der Waals surface area (Å²) in [6.45, 7) is 6.16. The first-order valence-corrected chi connectivity index (χ1v) is 20.6. The highest BCUT2D eigenvalue weighted by molar-refractivity contribution is 6.40. The predicted octanol–water partition coefficient (Wildman–Crippen LogP) is 7.17. The highest BCUT2D eigenvalue weighted by Gasteiger charge is 2.57. The van der Waals surface area contributed by atoms with Gasteiger partial charge in [0.2, 0.25) is 0 Å². The van der Waals surface area contributed by atoms with Gasteiger partial charge in [0.05, 0.1) is 44.3 Å². The molecule has 0 radical (unpaired) electrons. The minimum Gasteiger partial charge on any atom is -0.481 e. The number of nitrogens with one attached hydrogen (secondary N) is 3. The Morgan fingerprint density at radius 3 is 2.21 bits per heavy atom. The number of carbonyl (C=O) groups is 4. The SMILES string of the molecule is Cn1c(C(=O)Nc2cccc(-c3cccc(NC(=O)c4cc5n(n4)CCCC5NC(C)(C)C(=O)O)c3Cl)c2Cl)nc2c1CCN(CCC13CCC(C(=O)O)(CC1)C3)C2. The maximum Gasteiger partial charge on any atom is 0.323 e. The Hall–Kier alpha value is -4.76. The largest absolute Gasteiger partial charge is 0.481 e. The van der Waals surface area contributed by atoms with Gasteiger partial charge in [-0.1, -0.05) is 47.5 Å². The van der Waals surface area contributed by atoms with E-state index in [1.54, 1.807) is 61.0 Å². The standard InChI is InChI=1S/C42H48Cl2N8O6/c1-40(2,38(55)56)48-26-11-6-18-52-32(26)21-29(49-52)36(53)46-27-9-4-7-24(33(27)43)25-8-5-10-28(34(25)44)47-37(54)35-45-30-22-51(19-12-31(30)50(35)3)20-17-41-13-15-42(23-41,16-14-41)39(57)58/h4-5,7-10,21,26,48H,6,11-20,22-23H2,1-3H3,(H,46,53)(H,47,54)(H,55,56)(H,57,58). The lowest BCUT2D eigenvalue weighted by molar-refractivity contribution is -0.148. The second-order valence-corrected chi connectivity index (χ2v) is 17.9. The number of halogens is 2. The molecule has 306 valence electrons. The first kappa shape index (κ1) is 40.0. The molecule has 14 nitrogen and oxygen atoms in total. The summed E-state index contributed by atoms with van der Waals surface area (Å²) in [5.74, 6) is -2.20. The van der Waals surface area contributed by atoms with Crippen molar-refractivity contribution in [1.82, 2.24) is 29.5 Å². The lowest BCUT2D eigenvalue weighted by Gasteiger charge is -2.32. The number of imidazole rings is 1.